The van der Waals surface area contributed by atoms with E-state index in [0.717, 1.165) is 41.9 Å². The van der Waals surface area contributed by atoms with Crippen LogP contribution in [0.25, 0.3) is 0 Å². The predicted octanol–water partition coefficient (Wildman–Crippen LogP) is 2.78. The summed E-state index contributed by atoms with van der Waals surface area (Å²) in [7, 11) is 0. The Morgan fingerprint density at radius 2 is 2.14 bits per heavy atom. The maximum absolute atomic E-state index is 12.4. The van der Waals surface area contributed by atoms with Gasteiger partial charge in [0.1, 0.15) is 11.5 Å². The first-order valence-electron chi connectivity index (χ1n) is 7.42. The number of hydrogen-bond acceptors (Lipinski definition) is 3. The third kappa shape index (κ3) is 2.20. The van der Waals surface area contributed by atoms with E-state index in [9.17, 15) is 4.79 Å². The minimum Gasteiger partial charge on any atom is -0.480 e. The third-order valence-electron chi connectivity index (χ3n) is 4.31. The highest BCUT2D eigenvalue weighted by molar-refractivity contribution is 5.83. The zero-order valence-corrected chi connectivity index (χ0v) is 11.7. The van der Waals surface area contributed by atoms with E-state index >= 15 is 0 Å². The summed E-state index contributed by atoms with van der Waals surface area (Å²) in [5.41, 5.74) is 2.22. The molecule has 4 heteroatoms. The number of para-hydroxylation sites is 1. The van der Waals surface area contributed by atoms with Crippen LogP contribution < -0.4 is 10.1 Å². The van der Waals surface area contributed by atoms with Gasteiger partial charge in [-0.25, -0.2) is 0 Å². The second-order valence-corrected chi connectivity index (χ2v) is 5.67. The minimum absolute atomic E-state index is 0.0368. The SMILES string of the molecule is O=C(N[C@@H]1CCCc2occc21)[C@H]1Cc2ccccc2O1. The standard InChI is InChI=1S/C17H17NO3/c19-17(16-10-11-4-1-2-6-14(11)21-16)18-13-5-3-7-15-12(13)8-9-20-15/h1-2,4,6,8-9,13,16H,3,5,7,10H2,(H,18,19)/t13-,16-/m1/s1. The smallest absolute Gasteiger partial charge is 0.261 e. The van der Waals surface area contributed by atoms with E-state index < -0.39 is 6.10 Å². The van der Waals surface area contributed by atoms with Crippen LogP contribution in [-0.4, -0.2) is 12.0 Å². The molecule has 1 aliphatic heterocycles. The van der Waals surface area contributed by atoms with Gasteiger partial charge < -0.3 is 14.5 Å². The molecular formula is C17H17NO3. The molecule has 1 amide bonds. The van der Waals surface area contributed by atoms with Crippen molar-refractivity contribution in [2.24, 2.45) is 0 Å². The highest BCUT2D eigenvalue weighted by atomic mass is 16.5. The van der Waals surface area contributed by atoms with Crippen molar-refractivity contribution >= 4 is 5.91 Å². The molecular weight excluding hydrogens is 266 g/mol. The second-order valence-electron chi connectivity index (χ2n) is 5.67. The van der Waals surface area contributed by atoms with Gasteiger partial charge in [-0.15, -0.1) is 0 Å². The van der Waals surface area contributed by atoms with Gasteiger partial charge in [-0.3, -0.25) is 4.79 Å². The van der Waals surface area contributed by atoms with E-state index in [4.69, 9.17) is 9.15 Å². The molecule has 0 saturated heterocycles. The lowest BCUT2D eigenvalue weighted by Crippen LogP contribution is -2.40. The zero-order valence-electron chi connectivity index (χ0n) is 11.7. The average Bonchev–Trinajstić information content (AvgIpc) is 3.14. The van der Waals surface area contributed by atoms with Crippen molar-refractivity contribution in [3.63, 3.8) is 0 Å². The van der Waals surface area contributed by atoms with Gasteiger partial charge in [0.2, 0.25) is 0 Å². The lowest BCUT2D eigenvalue weighted by molar-refractivity contribution is -0.128. The van der Waals surface area contributed by atoms with E-state index in [1.165, 1.54) is 0 Å². The first-order valence-corrected chi connectivity index (χ1v) is 7.42. The molecule has 21 heavy (non-hydrogen) atoms. The van der Waals surface area contributed by atoms with E-state index in [1.807, 2.05) is 30.3 Å². The maximum Gasteiger partial charge on any atom is 0.261 e. The van der Waals surface area contributed by atoms with Crippen LogP contribution in [0.5, 0.6) is 5.75 Å². The first kappa shape index (κ1) is 12.5. The molecule has 0 spiro atoms. The number of furan rings is 1. The largest absolute Gasteiger partial charge is 0.480 e. The van der Waals surface area contributed by atoms with Crippen LogP contribution in [0.3, 0.4) is 0 Å². The molecule has 108 valence electrons. The summed E-state index contributed by atoms with van der Waals surface area (Å²) in [6, 6.07) is 9.84. The Morgan fingerprint density at radius 1 is 1.24 bits per heavy atom. The lowest BCUT2D eigenvalue weighted by Gasteiger charge is -2.24. The van der Waals surface area contributed by atoms with Crippen molar-refractivity contribution in [1.29, 1.82) is 0 Å². The van der Waals surface area contributed by atoms with Gasteiger partial charge in [0, 0.05) is 18.4 Å². The second kappa shape index (κ2) is 4.95. The third-order valence-corrected chi connectivity index (χ3v) is 4.31. The van der Waals surface area contributed by atoms with Crippen LogP contribution in [0.15, 0.2) is 41.0 Å². The fraction of sp³-hybridized carbons (Fsp3) is 0.353. The monoisotopic (exact) mass is 283 g/mol. The Morgan fingerprint density at radius 3 is 3.05 bits per heavy atom. The number of carbonyl (C=O) groups is 1. The van der Waals surface area contributed by atoms with Gasteiger partial charge in [-0.05, 0) is 30.5 Å². The number of ether oxygens (including phenoxy) is 1. The van der Waals surface area contributed by atoms with Crippen molar-refractivity contribution < 1.29 is 13.9 Å². The van der Waals surface area contributed by atoms with Crippen LogP contribution >= 0.6 is 0 Å². The van der Waals surface area contributed by atoms with Crippen LogP contribution in [0, 0.1) is 0 Å². The molecule has 2 aromatic rings. The van der Waals surface area contributed by atoms with Crippen LogP contribution in [-0.2, 0) is 17.6 Å². The van der Waals surface area contributed by atoms with Crippen LogP contribution in [0.2, 0.25) is 0 Å². The fourth-order valence-electron chi connectivity index (χ4n) is 3.23. The van der Waals surface area contributed by atoms with Crippen LogP contribution in [0.4, 0.5) is 0 Å². The molecule has 0 fully saturated rings. The molecule has 1 aromatic carbocycles. The summed E-state index contributed by atoms with van der Waals surface area (Å²) >= 11 is 0. The number of amides is 1. The highest BCUT2D eigenvalue weighted by Gasteiger charge is 2.32. The number of carbonyl (C=O) groups excluding carboxylic acids is 1. The summed E-state index contributed by atoms with van der Waals surface area (Å²) in [5.74, 6) is 1.79. The van der Waals surface area contributed by atoms with Crippen LogP contribution in [0.1, 0.15) is 35.8 Å². The van der Waals surface area contributed by atoms with E-state index in [1.54, 1.807) is 6.26 Å². The summed E-state index contributed by atoms with van der Waals surface area (Å²) in [4.78, 5) is 12.4. The van der Waals surface area contributed by atoms with Crippen molar-refractivity contribution in [3.05, 3.63) is 53.5 Å². The van der Waals surface area contributed by atoms with Gasteiger partial charge in [-0.1, -0.05) is 18.2 Å². The van der Waals surface area contributed by atoms with Gasteiger partial charge in [0.25, 0.3) is 5.91 Å². The number of benzene rings is 1. The molecule has 1 aliphatic carbocycles. The normalized spacial score (nSPS) is 23.0. The Kier molecular flexibility index (Phi) is 2.95. The lowest BCUT2D eigenvalue weighted by atomic mass is 9.93. The molecule has 4 rings (SSSR count). The van der Waals surface area contributed by atoms with Crippen molar-refractivity contribution in [3.8, 4) is 5.75 Å². The number of aryl methyl sites for hydroxylation is 1. The number of fused-ring (bicyclic) bond motifs is 2. The van der Waals surface area contributed by atoms with Gasteiger partial charge in [0.05, 0.1) is 12.3 Å². The maximum atomic E-state index is 12.4. The van der Waals surface area contributed by atoms with E-state index in [0.29, 0.717) is 6.42 Å². The minimum atomic E-state index is -0.417. The molecule has 2 atom stereocenters. The number of hydrogen-bond donors (Lipinski definition) is 1. The quantitative estimate of drug-likeness (QED) is 0.922. The molecule has 1 N–H and O–H groups in total. The Balaban J connectivity index is 1.47. The first-order chi connectivity index (χ1) is 10.3. The van der Waals surface area contributed by atoms with Gasteiger partial charge >= 0.3 is 0 Å². The van der Waals surface area contributed by atoms with Gasteiger partial charge in [0.15, 0.2) is 6.10 Å². The number of rotatable bonds is 2. The van der Waals surface area contributed by atoms with Gasteiger partial charge in [-0.2, -0.15) is 0 Å². The topological polar surface area (TPSA) is 51.5 Å². The molecule has 1 aromatic heterocycles. The summed E-state index contributed by atoms with van der Waals surface area (Å²) < 4.78 is 11.2. The Labute approximate surface area is 123 Å². The van der Waals surface area contributed by atoms with Crippen molar-refractivity contribution in [2.45, 2.75) is 37.8 Å². The summed E-state index contributed by atoms with van der Waals surface area (Å²) in [5, 5.41) is 3.11. The summed E-state index contributed by atoms with van der Waals surface area (Å²) in [6.45, 7) is 0. The Bertz CT molecular complexity index is 651. The predicted molar refractivity (Wildman–Crippen MR) is 77.1 cm³/mol. The number of nitrogens with one attached hydrogen (secondary N) is 1. The zero-order chi connectivity index (χ0) is 14.2. The highest BCUT2D eigenvalue weighted by Crippen LogP contribution is 2.32. The molecule has 2 heterocycles. The molecule has 0 radical (unpaired) electrons. The molecule has 2 aliphatic rings. The van der Waals surface area contributed by atoms with E-state index in [-0.39, 0.29) is 11.9 Å². The molecule has 4 nitrogen and oxygen atoms in total. The van der Waals surface area contributed by atoms with Crippen molar-refractivity contribution in [2.75, 3.05) is 0 Å². The summed E-state index contributed by atoms with van der Waals surface area (Å²) in [6.07, 6.45) is 4.89. The molecule has 0 bridgehead atoms. The Hall–Kier alpha value is -2.23. The molecule has 0 unspecified atom stereocenters. The molecule has 0 saturated carbocycles. The van der Waals surface area contributed by atoms with E-state index in [2.05, 4.69) is 5.32 Å². The average molecular weight is 283 g/mol. The fourth-order valence-corrected chi connectivity index (χ4v) is 3.23. The van der Waals surface area contributed by atoms with Crippen molar-refractivity contribution in [1.82, 2.24) is 5.32 Å².